The molecule has 2 aromatic carbocycles. The summed E-state index contributed by atoms with van der Waals surface area (Å²) in [5.74, 6) is 0. The van der Waals surface area contributed by atoms with Crippen LogP contribution >= 0.6 is 0 Å². The first kappa shape index (κ1) is 29.7. The van der Waals surface area contributed by atoms with Gasteiger partial charge in [0.2, 0.25) is 0 Å². The van der Waals surface area contributed by atoms with Gasteiger partial charge in [0.05, 0.1) is 17.4 Å². The zero-order chi connectivity index (χ0) is 26.4. The van der Waals surface area contributed by atoms with Crippen molar-refractivity contribution in [3.8, 4) is 0 Å². The topological polar surface area (TPSA) is 43.8 Å². The van der Waals surface area contributed by atoms with Crippen molar-refractivity contribution in [1.82, 2.24) is 9.55 Å². The second kappa shape index (κ2) is 15.5. The van der Waals surface area contributed by atoms with Crippen molar-refractivity contribution in [2.45, 2.75) is 74.3 Å². The lowest BCUT2D eigenvalue weighted by Crippen LogP contribution is -1.99. The van der Waals surface area contributed by atoms with Crippen LogP contribution in [0, 0.1) is 13.8 Å². The first-order chi connectivity index (χ1) is 16.7. The maximum absolute atomic E-state index is 5.78. The Labute approximate surface area is 213 Å². The molecular weight excluding hydrogens is 426 g/mol. The predicted molar refractivity (Wildman–Crippen MR) is 156 cm³/mol. The van der Waals surface area contributed by atoms with Crippen LogP contribution < -0.4 is 5.73 Å². The van der Waals surface area contributed by atoms with Crippen molar-refractivity contribution in [2.24, 2.45) is 5.73 Å². The van der Waals surface area contributed by atoms with E-state index in [4.69, 9.17) is 5.73 Å². The number of unbranched alkanes of at least 4 members (excludes halogenated alkanes) is 1. The summed E-state index contributed by atoms with van der Waals surface area (Å²) in [6.07, 6.45) is 9.72. The third-order valence-electron chi connectivity index (χ3n) is 5.73. The van der Waals surface area contributed by atoms with E-state index in [0.29, 0.717) is 5.70 Å². The van der Waals surface area contributed by atoms with Crippen LogP contribution in [0.15, 0.2) is 90.8 Å². The van der Waals surface area contributed by atoms with E-state index in [2.05, 4.69) is 99.8 Å². The van der Waals surface area contributed by atoms with E-state index >= 15 is 0 Å². The number of rotatable bonds is 8. The van der Waals surface area contributed by atoms with Crippen LogP contribution in [0.25, 0.3) is 16.7 Å². The molecule has 0 saturated carbocycles. The second-order valence-electron chi connectivity index (χ2n) is 8.65. The number of hydrogen-bond acceptors (Lipinski definition) is 2. The average molecular weight is 472 g/mol. The molecule has 0 radical (unpaired) electrons. The molecule has 1 heterocycles. The number of aromatic nitrogens is 2. The molecule has 0 amide bonds. The van der Waals surface area contributed by atoms with Gasteiger partial charge in [0.25, 0.3) is 0 Å². The first-order valence-electron chi connectivity index (χ1n) is 12.7. The zero-order valence-corrected chi connectivity index (χ0v) is 23.0. The third-order valence-corrected chi connectivity index (χ3v) is 5.73. The van der Waals surface area contributed by atoms with Gasteiger partial charge in [-0.1, -0.05) is 99.5 Å². The molecule has 0 bridgehead atoms. The lowest BCUT2D eigenvalue weighted by atomic mass is 10.0. The molecule has 0 unspecified atom stereocenters. The van der Waals surface area contributed by atoms with Crippen molar-refractivity contribution in [3.05, 3.63) is 108 Å². The largest absolute Gasteiger partial charge is 0.399 e. The smallest absolute Gasteiger partial charge is 0.0961 e. The summed E-state index contributed by atoms with van der Waals surface area (Å²) >= 11 is 0. The summed E-state index contributed by atoms with van der Waals surface area (Å²) in [7, 11) is 0. The van der Waals surface area contributed by atoms with Crippen LogP contribution in [0.3, 0.4) is 0 Å². The molecule has 0 saturated heterocycles. The van der Waals surface area contributed by atoms with Gasteiger partial charge in [0, 0.05) is 12.2 Å². The molecule has 0 atom stereocenters. The van der Waals surface area contributed by atoms with Gasteiger partial charge in [-0.15, -0.1) is 0 Å². The average Bonchev–Trinajstić information content (AvgIpc) is 3.27. The molecule has 2 N–H and O–H groups in total. The molecule has 188 valence electrons. The Bertz CT molecular complexity index is 1120. The summed E-state index contributed by atoms with van der Waals surface area (Å²) in [5.41, 5.74) is 15.7. The highest BCUT2D eigenvalue weighted by atomic mass is 15.0. The monoisotopic (exact) mass is 471 g/mol. The number of nitrogens with zero attached hydrogens (tertiary/aromatic N) is 2. The number of fused-ring (bicyclic) bond motifs is 1. The van der Waals surface area contributed by atoms with Crippen molar-refractivity contribution in [1.29, 1.82) is 0 Å². The quantitative estimate of drug-likeness (QED) is 0.333. The number of nitrogens with two attached hydrogens (primary N) is 1. The Morgan fingerprint density at radius 2 is 1.63 bits per heavy atom. The van der Waals surface area contributed by atoms with E-state index in [1.54, 1.807) is 0 Å². The van der Waals surface area contributed by atoms with Crippen LogP contribution in [0.4, 0.5) is 0 Å². The van der Waals surface area contributed by atoms with E-state index in [-0.39, 0.29) is 0 Å². The van der Waals surface area contributed by atoms with Gasteiger partial charge in [0.15, 0.2) is 0 Å². The molecule has 0 fully saturated rings. The maximum Gasteiger partial charge on any atom is 0.0961 e. The van der Waals surface area contributed by atoms with Crippen molar-refractivity contribution >= 4 is 16.7 Å². The van der Waals surface area contributed by atoms with Crippen LogP contribution in [-0.2, 0) is 6.54 Å². The van der Waals surface area contributed by atoms with Gasteiger partial charge < -0.3 is 10.3 Å². The Morgan fingerprint density at radius 1 is 1.03 bits per heavy atom. The van der Waals surface area contributed by atoms with Crippen molar-refractivity contribution in [2.75, 3.05) is 0 Å². The fourth-order valence-corrected chi connectivity index (χ4v) is 3.41. The molecule has 35 heavy (non-hydrogen) atoms. The standard InChI is InChI=1S/C22H29N3.C8H10.C2H6/c1-6-8-9-16(3)17(4)12-19(7-2)14-25-15-24-21-13-20(18(5)23)10-11-22(21)25;1-7-3-5-8(2)6-4-7;1-2/h7,10-13,15H,3,5-6,8-9,14,23H2,1-2,4H3;3-6H,1-2H3;1-2H3/b17-12-,19-7+;;. The van der Waals surface area contributed by atoms with Crippen LogP contribution in [0.5, 0.6) is 0 Å². The minimum atomic E-state index is 0.565. The van der Waals surface area contributed by atoms with E-state index in [9.17, 15) is 0 Å². The Balaban J connectivity index is 0.000000512. The number of aryl methyl sites for hydroxylation is 2. The molecule has 3 heteroatoms. The van der Waals surface area contributed by atoms with E-state index < -0.39 is 0 Å². The molecule has 0 spiro atoms. The summed E-state index contributed by atoms with van der Waals surface area (Å²) in [4.78, 5) is 4.50. The maximum atomic E-state index is 5.78. The first-order valence-corrected chi connectivity index (χ1v) is 12.7. The highest BCUT2D eigenvalue weighted by Crippen LogP contribution is 2.21. The van der Waals surface area contributed by atoms with Crippen LogP contribution in [-0.4, -0.2) is 9.55 Å². The number of hydrogen-bond donors (Lipinski definition) is 1. The molecule has 0 aliphatic rings. The lowest BCUT2D eigenvalue weighted by molar-refractivity contribution is 0.790. The van der Waals surface area contributed by atoms with Crippen LogP contribution in [0.2, 0.25) is 0 Å². The normalized spacial score (nSPS) is 11.3. The summed E-state index contributed by atoms with van der Waals surface area (Å²) in [6, 6.07) is 14.5. The Kier molecular flexibility index (Phi) is 13.2. The van der Waals surface area contributed by atoms with Gasteiger partial charge in [-0.2, -0.15) is 0 Å². The van der Waals surface area contributed by atoms with Gasteiger partial charge in [0.1, 0.15) is 0 Å². The fourth-order valence-electron chi connectivity index (χ4n) is 3.41. The van der Waals surface area contributed by atoms with Crippen LogP contribution in [0.1, 0.15) is 70.6 Å². The second-order valence-corrected chi connectivity index (χ2v) is 8.65. The minimum absolute atomic E-state index is 0.565. The Morgan fingerprint density at radius 3 is 2.14 bits per heavy atom. The van der Waals surface area contributed by atoms with Crippen molar-refractivity contribution < 1.29 is 0 Å². The summed E-state index contributed by atoms with van der Waals surface area (Å²) in [6.45, 7) is 23.4. The van der Waals surface area contributed by atoms with Crippen molar-refractivity contribution in [3.63, 3.8) is 0 Å². The SMILES string of the molecule is C=C(CCCC)/C(C)=C\C(=C/C)Cn1cnc2cc(C(=C)N)ccc21.CC.Cc1ccc(C)cc1. The summed E-state index contributed by atoms with van der Waals surface area (Å²) in [5, 5.41) is 0. The van der Waals surface area contributed by atoms with E-state index in [1.807, 2.05) is 32.3 Å². The highest BCUT2D eigenvalue weighted by molar-refractivity contribution is 5.80. The molecule has 1 aromatic heterocycles. The molecule has 3 aromatic rings. The molecule has 3 rings (SSSR count). The number of benzene rings is 2. The zero-order valence-electron chi connectivity index (χ0n) is 23.0. The molecular formula is C32H45N3. The third kappa shape index (κ3) is 9.82. The van der Waals surface area contributed by atoms with E-state index in [0.717, 1.165) is 29.6 Å². The Hall–Kier alpha value is -3.33. The van der Waals surface area contributed by atoms with Gasteiger partial charge in [-0.3, -0.25) is 0 Å². The molecule has 0 aliphatic heterocycles. The van der Waals surface area contributed by atoms with Gasteiger partial charge >= 0.3 is 0 Å². The van der Waals surface area contributed by atoms with Gasteiger partial charge in [-0.05, 0) is 69.4 Å². The summed E-state index contributed by atoms with van der Waals surface area (Å²) < 4.78 is 2.16. The number of imidazole rings is 1. The molecule has 3 nitrogen and oxygen atoms in total. The predicted octanol–water partition coefficient (Wildman–Crippen LogP) is 8.93. The minimum Gasteiger partial charge on any atom is -0.399 e. The highest BCUT2D eigenvalue weighted by Gasteiger charge is 2.06. The fraction of sp³-hybridized carbons (Fsp3) is 0.344. The van der Waals surface area contributed by atoms with Gasteiger partial charge in [-0.25, -0.2) is 4.98 Å². The lowest BCUT2D eigenvalue weighted by Gasteiger charge is -2.10. The van der Waals surface area contributed by atoms with E-state index in [1.165, 1.54) is 40.7 Å². The molecule has 0 aliphatic carbocycles. The number of allylic oxidation sites excluding steroid dienone is 5.